The minimum Gasteiger partial charge on any atom is -0.494 e. The molecule has 0 amide bonds. The van der Waals surface area contributed by atoms with Crippen LogP contribution in [-0.4, -0.2) is 32.0 Å². The molecule has 0 aliphatic rings. The predicted molar refractivity (Wildman–Crippen MR) is 89.1 cm³/mol. The molecule has 0 unspecified atom stereocenters. The molecule has 0 radical (unpaired) electrons. The first-order valence-corrected chi connectivity index (χ1v) is 8.97. The van der Waals surface area contributed by atoms with E-state index in [0.717, 1.165) is 11.8 Å². The van der Waals surface area contributed by atoms with Gasteiger partial charge in [0.25, 0.3) is 0 Å². The lowest BCUT2D eigenvalue weighted by Crippen LogP contribution is -1.96. The zero-order chi connectivity index (χ0) is 17.3. The van der Waals surface area contributed by atoms with Crippen molar-refractivity contribution in [3.8, 4) is 28.1 Å². The third-order valence-corrected chi connectivity index (χ3v) is 4.79. The molecule has 3 rings (SSSR count). The molecule has 0 fully saturated rings. The Labute approximate surface area is 139 Å². The Morgan fingerprint density at radius 2 is 1.75 bits per heavy atom. The molecule has 124 valence electrons. The fourth-order valence-electron chi connectivity index (χ4n) is 2.42. The van der Waals surface area contributed by atoms with Gasteiger partial charge in [0.2, 0.25) is 0 Å². The molecule has 2 aromatic carbocycles. The molecule has 5 nitrogen and oxygen atoms in total. The van der Waals surface area contributed by atoms with E-state index in [4.69, 9.17) is 4.74 Å². The second-order valence-electron chi connectivity index (χ2n) is 5.29. The van der Waals surface area contributed by atoms with Crippen LogP contribution < -0.4 is 4.74 Å². The summed E-state index contributed by atoms with van der Waals surface area (Å²) in [6.45, 7) is 0. The van der Waals surface area contributed by atoms with Gasteiger partial charge >= 0.3 is 0 Å². The molecule has 1 heterocycles. The molecule has 1 aromatic heterocycles. The molecule has 0 atom stereocenters. The number of ether oxygens (including phenoxy) is 1. The largest absolute Gasteiger partial charge is 0.494 e. The SMILES string of the molecule is COc1ccc(-c2c[nH]nc2-c2ccc(S(C)(=O)=O)cc2)cc1F. The zero-order valence-corrected chi connectivity index (χ0v) is 13.9. The summed E-state index contributed by atoms with van der Waals surface area (Å²) in [5.74, 6) is -0.295. The lowest BCUT2D eigenvalue weighted by Gasteiger charge is -2.06. The van der Waals surface area contributed by atoms with Gasteiger partial charge in [-0.15, -0.1) is 0 Å². The van der Waals surface area contributed by atoms with Crippen molar-refractivity contribution in [2.75, 3.05) is 13.4 Å². The number of hydrogen-bond acceptors (Lipinski definition) is 4. The summed E-state index contributed by atoms with van der Waals surface area (Å²) in [6, 6.07) is 11.1. The Hall–Kier alpha value is -2.67. The molecule has 0 spiro atoms. The van der Waals surface area contributed by atoms with Crippen LogP contribution in [0.2, 0.25) is 0 Å². The van der Waals surface area contributed by atoms with E-state index < -0.39 is 15.7 Å². The highest BCUT2D eigenvalue weighted by Crippen LogP contribution is 2.32. The van der Waals surface area contributed by atoms with Crippen molar-refractivity contribution < 1.29 is 17.5 Å². The van der Waals surface area contributed by atoms with Crippen LogP contribution in [0.3, 0.4) is 0 Å². The van der Waals surface area contributed by atoms with Crippen LogP contribution in [0.25, 0.3) is 22.4 Å². The van der Waals surface area contributed by atoms with Gasteiger partial charge in [-0.25, -0.2) is 12.8 Å². The Bertz CT molecular complexity index is 979. The number of halogens is 1. The first-order valence-electron chi connectivity index (χ1n) is 7.08. The van der Waals surface area contributed by atoms with Crippen LogP contribution in [0.5, 0.6) is 5.75 Å². The number of sulfone groups is 1. The molecule has 0 bridgehead atoms. The lowest BCUT2D eigenvalue weighted by molar-refractivity contribution is 0.386. The molecule has 0 saturated carbocycles. The Kier molecular flexibility index (Phi) is 4.11. The first kappa shape index (κ1) is 16.2. The van der Waals surface area contributed by atoms with Gasteiger partial charge < -0.3 is 4.74 Å². The third-order valence-electron chi connectivity index (χ3n) is 3.66. The highest BCUT2D eigenvalue weighted by Gasteiger charge is 2.14. The summed E-state index contributed by atoms with van der Waals surface area (Å²) in [6.07, 6.45) is 2.82. The normalized spacial score (nSPS) is 11.5. The van der Waals surface area contributed by atoms with Crippen LogP contribution in [-0.2, 0) is 9.84 Å². The molecule has 0 saturated heterocycles. The number of aromatic amines is 1. The average molecular weight is 346 g/mol. The van der Waals surface area contributed by atoms with Crippen LogP contribution in [0.1, 0.15) is 0 Å². The minimum atomic E-state index is -3.26. The molecular formula is C17H15FN2O3S. The molecule has 1 N–H and O–H groups in total. The smallest absolute Gasteiger partial charge is 0.175 e. The van der Waals surface area contributed by atoms with Gasteiger partial charge in [0.1, 0.15) is 0 Å². The Morgan fingerprint density at radius 1 is 1.08 bits per heavy atom. The Balaban J connectivity index is 2.03. The van der Waals surface area contributed by atoms with Crippen LogP contribution in [0.4, 0.5) is 4.39 Å². The number of aromatic nitrogens is 2. The maximum atomic E-state index is 13.9. The van der Waals surface area contributed by atoms with Gasteiger partial charge in [0, 0.05) is 23.6 Å². The van der Waals surface area contributed by atoms with Gasteiger partial charge in [-0.1, -0.05) is 18.2 Å². The second kappa shape index (κ2) is 6.09. The van der Waals surface area contributed by atoms with Gasteiger partial charge in [0.05, 0.1) is 17.7 Å². The van der Waals surface area contributed by atoms with E-state index in [1.54, 1.807) is 30.5 Å². The number of rotatable bonds is 4. The summed E-state index contributed by atoms with van der Waals surface area (Å²) in [7, 11) is -1.85. The van der Waals surface area contributed by atoms with Gasteiger partial charge in [-0.05, 0) is 29.8 Å². The number of nitrogens with one attached hydrogen (secondary N) is 1. The van der Waals surface area contributed by atoms with E-state index in [2.05, 4.69) is 10.2 Å². The third kappa shape index (κ3) is 3.03. The van der Waals surface area contributed by atoms with Gasteiger partial charge in [-0.2, -0.15) is 5.10 Å². The number of methoxy groups -OCH3 is 1. The summed E-state index contributed by atoms with van der Waals surface area (Å²) >= 11 is 0. The summed E-state index contributed by atoms with van der Waals surface area (Å²) < 4.78 is 41.9. The number of benzene rings is 2. The van der Waals surface area contributed by atoms with E-state index in [-0.39, 0.29) is 10.6 Å². The predicted octanol–water partition coefficient (Wildman–Crippen LogP) is 3.29. The maximum absolute atomic E-state index is 13.9. The molecule has 0 aliphatic carbocycles. The highest BCUT2D eigenvalue weighted by molar-refractivity contribution is 7.90. The van der Waals surface area contributed by atoms with E-state index in [9.17, 15) is 12.8 Å². The fraction of sp³-hybridized carbons (Fsp3) is 0.118. The number of hydrogen-bond donors (Lipinski definition) is 1. The van der Waals surface area contributed by atoms with Crippen molar-refractivity contribution in [1.82, 2.24) is 10.2 Å². The number of H-pyrrole nitrogens is 1. The van der Waals surface area contributed by atoms with E-state index in [1.807, 2.05) is 0 Å². The summed E-state index contributed by atoms with van der Waals surface area (Å²) in [5, 5.41) is 6.97. The molecular weight excluding hydrogens is 331 g/mol. The van der Waals surface area contributed by atoms with E-state index >= 15 is 0 Å². The monoisotopic (exact) mass is 346 g/mol. The minimum absolute atomic E-state index is 0.168. The molecule has 0 aliphatic heterocycles. The first-order chi connectivity index (χ1) is 11.4. The number of nitrogens with zero attached hydrogens (tertiary/aromatic N) is 1. The van der Waals surface area contributed by atoms with Crippen LogP contribution in [0.15, 0.2) is 53.6 Å². The van der Waals surface area contributed by atoms with Crippen molar-refractivity contribution in [2.45, 2.75) is 4.90 Å². The van der Waals surface area contributed by atoms with Crippen molar-refractivity contribution in [3.05, 3.63) is 54.5 Å². The van der Waals surface area contributed by atoms with E-state index in [1.165, 1.54) is 25.3 Å². The van der Waals surface area contributed by atoms with Gasteiger partial charge in [-0.3, -0.25) is 5.10 Å². The lowest BCUT2D eigenvalue weighted by atomic mass is 10.0. The highest BCUT2D eigenvalue weighted by atomic mass is 32.2. The molecule has 7 heteroatoms. The molecule has 3 aromatic rings. The van der Waals surface area contributed by atoms with Crippen molar-refractivity contribution >= 4 is 9.84 Å². The fourth-order valence-corrected chi connectivity index (χ4v) is 3.05. The van der Waals surface area contributed by atoms with Gasteiger partial charge in [0.15, 0.2) is 21.4 Å². The zero-order valence-electron chi connectivity index (χ0n) is 13.1. The van der Waals surface area contributed by atoms with Crippen molar-refractivity contribution in [1.29, 1.82) is 0 Å². The van der Waals surface area contributed by atoms with Crippen LogP contribution in [0, 0.1) is 5.82 Å². The standard InChI is InChI=1S/C17H15FN2O3S/c1-23-16-8-5-12(9-15(16)18)14-10-19-20-17(14)11-3-6-13(7-4-11)24(2,21)22/h3-10H,1-2H3,(H,19,20). The van der Waals surface area contributed by atoms with E-state index in [0.29, 0.717) is 16.8 Å². The quantitative estimate of drug-likeness (QED) is 0.787. The second-order valence-corrected chi connectivity index (χ2v) is 7.31. The molecule has 24 heavy (non-hydrogen) atoms. The summed E-state index contributed by atoms with van der Waals surface area (Å²) in [5.41, 5.74) is 2.70. The van der Waals surface area contributed by atoms with Crippen LogP contribution >= 0.6 is 0 Å². The Morgan fingerprint density at radius 3 is 2.33 bits per heavy atom. The maximum Gasteiger partial charge on any atom is 0.175 e. The average Bonchev–Trinajstić information content (AvgIpc) is 3.03. The van der Waals surface area contributed by atoms with Crippen molar-refractivity contribution in [3.63, 3.8) is 0 Å². The van der Waals surface area contributed by atoms with Crippen molar-refractivity contribution in [2.24, 2.45) is 0 Å². The summed E-state index contributed by atoms with van der Waals surface area (Å²) in [4.78, 5) is 0.235. The topological polar surface area (TPSA) is 72.0 Å².